The van der Waals surface area contributed by atoms with Crippen LogP contribution in [0.5, 0.6) is 5.75 Å². The van der Waals surface area contributed by atoms with Crippen molar-refractivity contribution >= 4 is 17.5 Å². The van der Waals surface area contributed by atoms with Gasteiger partial charge in [-0.25, -0.2) is 0 Å². The fraction of sp³-hybridized carbons (Fsp3) is 0.588. The Morgan fingerprint density at radius 3 is 2.24 bits per heavy atom. The fourth-order valence-corrected chi connectivity index (χ4v) is 2.25. The highest BCUT2D eigenvalue weighted by atomic mass is 35.5. The molecule has 0 saturated carbocycles. The smallest absolute Gasteiger partial charge is 0.251 e. The Morgan fingerprint density at radius 1 is 1.24 bits per heavy atom. The summed E-state index contributed by atoms with van der Waals surface area (Å²) in [5.74, 6) is 1.23. The van der Waals surface area contributed by atoms with Crippen molar-refractivity contribution in [2.24, 2.45) is 5.41 Å². The molecule has 0 bridgehead atoms. The predicted octanol–water partition coefficient (Wildman–Crippen LogP) is 4.25. The zero-order valence-corrected chi connectivity index (χ0v) is 14.3. The molecule has 3 nitrogen and oxygen atoms in total. The van der Waals surface area contributed by atoms with Gasteiger partial charge in [0.25, 0.3) is 5.91 Å². The quantitative estimate of drug-likeness (QED) is 0.798. The zero-order valence-electron chi connectivity index (χ0n) is 13.6. The number of rotatable bonds is 6. The number of benzene rings is 1. The molecular weight excluding hydrogens is 286 g/mol. The van der Waals surface area contributed by atoms with E-state index in [1.54, 1.807) is 12.1 Å². The van der Waals surface area contributed by atoms with Crippen molar-refractivity contribution < 1.29 is 9.53 Å². The van der Waals surface area contributed by atoms with Gasteiger partial charge in [-0.1, -0.05) is 20.8 Å². The third kappa shape index (κ3) is 5.96. The summed E-state index contributed by atoms with van der Waals surface area (Å²) in [4.78, 5) is 12.3. The van der Waals surface area contributed by atoms with E-state index in [1.165, 1.54) is 0 Å². The van der Waals surface area contributed by atoms with Crippen LogP contribution in [0.15, 0.2) is 24.3 Å². The summed E-state index contributed by atoms with van der Waals surface area (Å²) in [7, 11) is 0. The summed E-state index contributed by atoms with van der Waals surface area (Å²) >= 11 is 5.83. The highest BCUT2D eigenvalue weighted by molar-refractivity contribution is 6.17. The minimum Gasteiger partial charge on any atom is -0.491 e. The van der Waals surface area contributed by atoms with Gasteiger partial charge in [0.2, 0.25) is 0 Å². The zero-order chi connectivity index (χ0) is 16.0. The Morgan fingerprint density at radius 2 is 1.81 bits per heavy atom. The third-order valence-electron chi connectivity index (χ3n) is 3.24. The number of halogens is 1. The summed E-state index contributed by atoms with van der Waals surface area (Å²) < 4.78 is 5.57. The maximum atomic E-state index is 12.3. The number of nitrogens with one attached hydrogen (secondary N) is 1. The van der Waals surface area contributed by atoms with Crippen LogP contribution in [0.3, 0.4) is 0 Å². The molecule has 1 rings (SSSR count). The standard InChI is InChI=1S/C17H26ClNO2/c1-12(2)21-14-8-6-13(7-9-14)16(20)19-15(10-11-18)17(3,4)5/h6-9,12,15H,10-11H2,1-5H3,(H,19,20). The molecule has 0 aliphatic heterocycles. The monoisotopic (exact) mass is 311 g/mol. The molecule has 0 aromatic heterocycles. The number of hydrogen-bond acceptors (Lipinski definition) is 2. The van der Waals surface area contributed by atoms with E-state index in [0.717, 1.165) is 12.2 Å². The van der Waals surface area contributed by atoms with Gasteiger partial charge in [0.05, 0.1) is 6.10 Å². The van der Waals surface area contributed by atoms with E-state index in [9.17, 15) is 4.79 Å². The molecule has 0 aliphatic carbocycles. The van der Waals surface area contributed by atoms with Crippen molar-refractivity contribution in [3.8, 4) is 5.75 Å². The van der Waals surface area contributed by atoms with Crippen molar-refractivity contribution in [3.63, 3.8) is 0 Å². The average Bonchev–Trinajstić information content (AvgIpc) is 2.37. The number of amides is 1. The van der Waals surface area contributed by atoms with Crippen LogP contribution in [-0.2, 0) is 0 Å². The fourth-order valence-electron chi connectivity index (χ4n) is 2.03. The first-order valence-corrected chi connectivity index (χ1v) is 7.91. The van der Waals surface area contributed by atoms with Crippen LogP contribution in [-0.4, -0.2) is 23.9 Å². The summed E-state index contributed by atoms with van der Waals surface area (Å²) in [5, 5.41) is 3.07. The SMILES string of the molecule is CC(C)Oc1ccc(C(=O)NC(CCCl)C(C)(C)C)cc1. The largest absolute Gasteiger partial charge is 0.491 e. The van der Waals surface area contributed by atoms with Gasteiger partial charge in [-0.05, 0) is 49.9 Å². The van der Waals surface area contributed by atoms with Crippen molar-refractivity contribution in [2.45, 2.75) is 53.2 Å². The first-order valence-electron chi connectivity index (χ1n) is 7.37. The molecule has 0 spiro atoms. The van der Waals surface area contributed by atoms with Gasteiger partial charge in [-0.3, -0.25) is 4.79 Å². The van der Waals surface area contributed by atoms with Crippen LogP contribution in [0.4, 0.5) is 0 Å². The Labute approximate surface area is 133 Å². The Kier molecular flexibility index (Phi) is 6.53. The van der Waals surface area contributed by atoms with E-state index >= 15 is 0 Å². The van der Waals surface area contributed by atoms with Gasteiger partial charge in [0, 0.05) is 17.5 Å². The van der Waals surface area contributed by atoms with Crippen molar-refractivity contribution in [2.75, 3.05) is 5.88 Å². The van der Waals surface area contributed by atoms with E-state index in [2.05, 4.69) is 26.1 Å². The maximum Gasteiger partial charge on any atom is 0.251 e. The van der Waals surface area contributed by atoms with Gasteiger partial charge >= 0.3 is 0 Å². The Hall–Kier alpha value is -1.22. The topological polar surface area (TPSA) is 38.3 Å². The van der Waals surface area contributed by atoms with Gasteiger partial charge < -0.3 is 10.1 Å². The van der Waals surface area contributed by atoms with Gasteiger partial charge in [0.1, 0.15) is 5.75 Å². The number of carbonyl (C=O) groups is 1. The molecule has 0 aliphatic rings. The van der Waals surface area contributed by atoms with E-state index < -0.39 is 0 Å². The molecule has 0 saturated heterocycles. The number of ether oxygens (including phenoxy) is 1. The van der Waals surface area contributed by atoms with E-state index in [4.69, 9.17) is 16.3 Å². The molecule has 1 atom stereocenters. The number of hydrogen-bond donors (Lipinski definition) is 1. The van der Waals surface area contributed by atoms with Crippen molar-refractivity contribution in [1.82, 2.24) is 5.32 Å². The van der Waals surface area contributed by atoms with Crippen LogP contribution < -0.4 is 10.1 Å². The predicted molar refractivity (Wildman–Crippen MR) is 88.3 cm³/mol. The summed E-state index contributed by atoms with van der Waals surface area (Å²) in [5.41, 5.74) is 0.612. The van der Waals surface area contributed by atoms with Gasteiger partial charge in [0.15, 0.2) is 0 Å². The lowest BCUT2D eigenvalue weighted by atomic mass is 9.85. The third-order valence-corrected chi connectivity index (χ3v) is 3.46. The molecule has 1 N–H and O–H groups in total. The first kappa shape index (κ1) is 17.8. The highest BCUT2D eigenvalue weighted by Gasteiger charge is 2.25. The summed E-state index contributed by atoms with van der Waals surface area (Å²) in [6.07, 6.45) is 0.879. The Bertz CT molecular complexity index is 449. The second kappa shape index (κ2) is 7.69. The van der Waals surface area contributed by atoms with Crippen molar-refractivity contribution in [3.05, 3.63) is 29.8 Å². The lowest BCUT2D eigenvalue weighted by Crippen LogP contribution is -2.44. The lowest BCUT2D eigenvalue weighted by molar-refractivity contribution is 0.0900. The summed E-state index contributed by atoms with van der Waals surface area (Å²) in [6, 6.07) is 7.26. The van der Waals surface area contributed by atoms with Crippen LogP contribution in [0, 0.1) is 5.41 Å². The second-order valence-corrected chi connectivity index (χ2v) is 6.94. The van der Waals surface area contributed by atoms with Crippen molar-refractivity contribution in [1.29, 1.82) is 0 Å². The first-order chi connectivity index (χ1) is 9.74. The maximum absolute atomic E-state index is 12.3. The second-order valence-electron chi connectivity index (χ2n) is 6.56. The molecule has 4 heteroatoms. The molecule has 0 fully saturated rings. The molecule has 1 amide bonds. The molecule has 1 unspecified atom stereocenters. The van der Waals surface area contributed by atoms with E-state index in [0.29, 0.717) is 11.4 Å². The van der Waals surface area contributed by atoms with Crippen LogP contribution >= 0.6 is 11.6 Å². The molecule has 1 aromatic rings. The number of carbonyl (C=O) groups excluding carboxylic acids is 1. The molecule has 21 heavy (non-hydrogen) atoms. The molecule has 118 valence electrons. The normalized spacial score (nSPS) is 13.1. The number of alkyl halides is 1. The Balaban J connectivity index is 2.74. The highest BCUT2D eigenvalue weighted by Crippen LogP contribution is 2.23. The molecular formula is C17H26ClNO2. The minimum atomic E-state index is -0.0730. The van der Waals surface area contributed by atoms with E-state index in [-0.39, 0.29) is 23.5 Å². The minimum absolute atomic E-state index is 0.0226. The summed E-state index contributed by atoms with van der Waals surface area (Å²) in [6.45, 7) is 10.2. The average molecular weight is 312 g/mol. The molecule has 0 radical (unpaired) electrons. The van der Waals surface area contributed by atoms with Gasteiger partial charge in [-0.15, -0.1) is 11.6 Å². The van der Waals surface area contributed by atoms with Crippen LogP contribution in [0.25, 0.3) is 0 Å². The van der Waals surface area contributed by atoms with Gasteiger partial charge in [-0.2, -0.15) is 0 Å². The lowest BCUT2D eigenvalue weighted by Gasteiger charge is -2.31. The van der Waals surface area contributed by atoms with Crippen LogP contribution in [0.2, 0.25) is 0 Å². The van der Waals surface area contributed by atoms with E-state index in [1.807, 2.05) is 26.0 Å². The van der Waals surface area contributed by atoms with Crippen LogP contribution in [0.1, 0.15) is 51.4 Å². The molecule has 1 aromatic carbocycles. The molecule has 0 heterocycles.